The van der Waals surface area contributed by atoms with Gasteiger partial charge < -0.3 is 37.5 Å². The zero-order valence-electron chi connectivity index (χ0n) is 18.1. The van der Waals surface area contributed by atoms with E-state index < -0.39 is 47.7 Å². The van der Waals surface area contributed by atoms with Crippen molar-refractivity contribution < 1.29 is 29.1 Å². The van der Waals surface area contributed by atoms with Gasteiger partial charge in [-0.05, 0) is 25.0 Å². The molecule has 2 aromatic rings. The second-order valence-corrected chi connectivity index (χ2v) is 7.52. The largest absolute Gasteiger partial charge is 0.480 e. The highest BCUT2D eigenvalue weighted by atomic mass is 16.4. The Balaban J connectivity index is 2.27. The highest BCUT2D eigenvalue weighted by Gasteiger charge is 2.29. The summed E-state index contributed by atoms with van der Waals surface area (Å²) in [6, 6.07) is 3.83. The van der Waals surface area contributed by atoms with Crippen LogP contribution in [-0.2, 0) is 30.4 Å². The molecule has 33 heavy (non-hydrogen) atoms. The molecule has 0 aliphatic carbocycles. The normalized spacial score (nSPS) is 13.5. The van der Waals surface area contributed by atoms with E-state index in [2.05, 4.69) is 20.9 Å². The summed E-state index contributed by atoms with van der Waals surface area (Å²) in [7, 11) is 0. The van der Waals surface area contributed by atoms with Crippen LogP contribution in [0, 0.1) is 0 Å². The molecule has 0 spiro atoms. The molecule has 9 N–H and O–H groups in total. The van der Waals surface area contributed by atoms with Crippen molar-refractivity contribution in [3.63, 3.8) is 0 Å². The molecule has 0 radical (unpaired) electrons. The first-order valence-electron chi connectivity index (χ1n) is 10.3. The number of amides is 4. The number of benzene rings is 1. The van der Waals surface area contributed by atoms with Crippen LogP contribution in [-0.4, -0.2) is 64.4 Å². The molecular formula is C21H28N6O6. The van der Waals surface area contributed by atoms with E-state index in [1.165, 1.54) is 6.92 Å². The van der Waals surface area contributed by atoms with Crippen LogP contribution in [0.25, 0.3) is 10.9 Å². The molecule has 12 nitrogen and oxygen atoms in total. The quantitative estimate of drug-likeness (QED) is 0.199. The molecule has 0 fully saturated rings. The Morgan fingerprint density at radius 3 is 2.33 bits per heavy atom. The third kappa shape index (κ3) is 7.31. The number of aliphatic carboxylic acids is 1. The molecule has 3 atom stereocenters. The second kappa shape index (κ2) is 11.6. The van der Waals surface area contributed by atoms with Crippen molar-refractivity contribution in [3.05, 3.63) is 36.0 Å². The Labute approximate surface area is 189 Å². The number of fused-ring (bicyclic) bond motifs is 1. The fourth-order valence-corrected chi connectivity index (χ4v) is 3.19. The predicted octanol–water partition coefficient (Wildman–Crippen LogP) is -1.51. The van der Waals surface area contributed by atoms with Crippen molar-refractivity contribution >= 4 is 40.5 Å². The van der Waals surface area contributed by atoms with Gasteiger partial charge in [0.05, 0.1) is 6.54 Å². The minimum absolute atomic E-state index is 0.0430. The third-order valence-electron chi connectivity index (χ3n) is 4.98. The molecule has 178 valence electrons. The van der Waals surface area contributed by atoms with E-state index in [9.17, 15) is 24.0 Å². The van der Waals surface area contributed by atoms with Crippen molar-refractivity contribution in [2.24, 2.45) is 11.5 Å². The monoisotopic (exact) mass is 460 g/mol. The maximum Gasteiger partial charge on any atom is 0.325 e. The highest BCUT2D eigenvalue weighted by Crippen LogP contribution is 2.19. The summed E-state index contributed by atoms with van der Waals surface area (Å²) in [4.78, 5) is 62.9. The predicted molar refractivity (Wildman–Crippen MR) is 119 cm³/mol. The van der Waals surface area contributed by atoms with Crippen LogP contribution < -0.4 is 27.4 Å². The number of carboxylic acid groups (broad SMARTS) is 1. The lowest BCUT2D eigenvalue weighted by atomic mass is 10.0. The van der Waals surface area contributed by atoms with Crippen LogP contribution in [0.2, 0.25) is 0 Å². The average Bonchev–Trinajstić information content (AvgIpc) is 3.18. The summed E-state index contributed by atoms with van der Waals surface area (Å²) in [5.41, 5.74) is 12.0. The molecule has 0 saturated heterocycles. The lowest BCUT2D eigenvalue weighted by molar-refractivity contribution is -0.141. The van der Waals surface area contributed by atoms with Gasteiger partial charge in [-0.15, -0.1) is 0 Å². The van der Waals surface area contributed by atoms with E-state index in [1.807, 2.05) is 24.3 Å². The third-order valence-corrected chi connectivity index (χ3v) is 4.98. The van der Waals surface area contributed by atoms with Crippen LogP contribution in [0.5, 0.6) is 0 Å². The minimum Gasteiger partial charge on any atom is -0.480 e. The molecule has 0 bridgehead atoms. The molecule has 1 heterocycles. The van der Waals surface area contributed by atoms with E-state index in [0.717, 1.165) is 10.9 Å². The van der Waals surface area contributed by atoms with Gasteiger partial charge in [-0.1, -0.05) is 18.2 Å². The number of rotatable bonds is 12. The number of carbonyl (C=O) groups is 5. The fraction of sp³-hybridized carbons (Fsp3) is 0.381. The van der Waals surface area contributed by atoms with E-state index >= 15 is 0 Å². The van der Waals surface area contributed by atoms with Crippen molar-refractivity contribution in [1.29, 1.82) is 0 Å². The van der Waals surface area contributed by atoms with E-state index in [-0.39, 0.29) is 25.8 Å². The maximum atomic E-state index is 12.9. The summed E-state index contributed by atoms with van der Waals surface area (Å²) >= 11 is 0. The number of H-pyrrole nitrogens is 1. The van der Waals surface area contributed by atoms with Crippen molar-refractivity contribution in [3.8, 4) is 0 Å². The maximum absolute atomic E-state index is 12.9. The molecule has 0 aliphatic heterocycles. The van der Waals surface area contributed by atoms with Crippen LogP contribution in [0.4, 0.5) is 0 Å². The highest BCUT2D eigenvalue weighted by molar-refractivity contribution is 5.94. The number of aromatic amines is 1. The second-order valence-electron chi connectivity index (χ2n) is 7.52. The molecule has 0 aliphatic rings. The first-order chi connectivity index (χ1) is 15.6. The topological polar surface area (TPSA) is 210 Å². The molecule has 1 aromatic carbocycles. The number of para-hydroxylation sites is 1. The van der Waals surface area contributed by atoms with Gasteiger partial charge in [-0.25, -0.2) is 0 Å². The van der Waals surface area contributed by atoms with Crippen molar-refractivity contribution in [1.82, 2.24) is 20.9 Å². The van der Waals surface area contributed by atoms with Crippen LogP contribution in [0.1, 0.15) is 25.3 Å². The van der Waals surface area contributed by atoms with Gasteiger partial charge in [0.1, 0.15) is 18.1 Å². The standard InChI is InChI=1S/C21H28N6O6/c1-11(21(32)33)25-20(31)16(8-12-10-24-14-5-3-2-4-13(12)14)27-19(30)15(6-7-17(23)28)26-18(29)9-22/h2-5,10-11,15-16,24H,6-9,22H2,1H3,(H2,23,28)(H,25,31)(H,26,29)(H,27,30)(H,32,33). The number of carboxylic acids is 1. The van der Waals surface area contributed by atoms with Gasteiger partial charge in [0.15, 0.2) is 0 Å². The zero-order valence-corrected chi connectivity index (χ0v) is 18.1. The Morgan fingerprint density at radius 1 is 1.03 bits per heavy atom. The van der Waals surface area contributed by atoms with Crippen molar-refractivity contribution in [2.45, 2.75) is 44.3 Å². The number of nitrogens with two attached hydrogens (primary N) is 2. The van der Waals surface area contributed by atoms with E-state index in [0.29, 0.717) is 5.56 Å². The number of aromatic nitrogens is 1. The average molecular weight is 460 g/mol. The molecule has 1 aromatic heterocycles. The van der Waals surface area contributed by atoms with Crippen LogP contribution >= 0.6 is 0 Å². The molecular weight excluding hydrogens is 432 g/mol. The Kier molecular flexibility index (Phi) is 8.92. The summed E-state index contributed by atoms with van der Waals surface area (Å²) < 4.78 is 0. The molecule has 2 rings (SSSR count). The smallest absolute Gasteiger partial charge is 0.325 e. The zero-order chi connectivity index (χ0) is 24.5. The van der Waals surface area contributed by atoms with Gasteiger partial charge in [0.25, 0.3) is 0 Å². The lowest BCUT2D eigenvalue weighted by Gasteiger charge is -2.23. The summed E-state index contributed by atoms with van der Waals surface area (Å²) in [5.74, 6) is -3.99. The van der Waals surface area contributed by atoms with Gasteiger partial charge in [0, 0.05) is 29.9 Å². The fourth-order valence-electron chi connectivity index (χ4n) is 3.19. The Bertz CT molecular complexity index is 1040. The Hall–Kier alpha value is -3.93. The lowest BCUT2D eigenvalue weighted by Crippen LogP contribution is -2.56. The number of primary amides is 1. The van der Waals surface area contributed by atoms with Gasteiger partial charge >= 0.3 is 5.97 Å². The molecule has 4 amide bonds. The number of nitrogens with one attached hydrogen (secondary N) is 4. The van der Waals surface area contributed by atoms with Gasteiger partial charge in [-0.2, -0.15) is 0 Å². The van der Waals surface area contributed by atoms with Gasteiger partial charge in [0.2, 0.25) is 23.6 Å². The molecule has 12 heteroatoms. The summed E-state index contributed by atoms with van der Waals surface area (Å²) in [5, 5.41) is 17.2. The van der Waals surface area contributed by atoms with Crippen molar-refractivity contribution in [2.75, 3.05) is 6.54 Å². The van der Waals surface area contributed by atoms with E-state index in [4.69, 9.17) is 16.6 Å². The van der Waals surface area contributed by atoms with Crippen LogP contribution in [0.15, 0.2) is 30.5 Å². The number of carbonyl (C=O) groups excluding carboxylic acids is 4. The Morgan fingerprint density at radius 2 is 1.70 bits per heavy atom. The number of hydrogen-bond donors (Lipinski definition) is 7. The number of hydrogen-bond acceptors (Lipinski definition) is 6. The molecule has 3 unspecified atom stereocenters. The van der Waals surface area contributed by atoms with Crippen LogP contribution in [0.3, 0.4) is 0 Å². The summed E-state index contributed by atoms with van der Waals surface area (Å²) in [6.45, 7) is 0.914. The molecule has 0 saturated carbocycles. The summed E-state index contributed by atoms with van der Waals surface area (Å²) in [6.07, 6.45) is 1.46. The van der Waals surface area contributed by atoms with E-state index in [1.54, 1.807) is 6.20 Å². The first kappa shape index (κ1) is 25.3. The SMILES string of the molecule is CC(NC(=O)C(Cc1c[nH]c2ccccc12)NC(=O)C(CCC(N)=O)NC(=O)CN)C(=O)O. The minimum atomic E-state index is -1.24. The first-order valence-corrected chi connectivity index (χ1v) is 10.3. The van der Waals surface area contributed by atoms with Gasteiger partial charge in [-0.3, -0.25) is 24.0 Å².